The van der Waals surface area contributed by atoms with Crippen LogP contribution in [0.2, 0.25) is 0 Å². The molecule has 3 aromatic heterocycles. The van der Waals surface area contributed by atoms with E-state index in [0.29, 0.717) is 12.0 Å². The summed E-state index contributed by atoms with van der Waals surface area (Å²) in [6, 6.07) is 12.2. The van der Waals surface area contributed by atoms with E-state index in [-0.39, 0.29) is 17.8 Å². The van der Waals surface area contributed by atoms with Gasteiger partial charge in [-0.1, -0.05) is 13.3 Å². The van der Waals surface area contributed by atoms with Crippen molar-refractivity contribution in [2.75, 3.05) is 38.1 Å². The average molecular weight is 498 g/mol. The van der Waals surface area contributed by atoms with Crippen LogP contribution < -0.4 is 10.5 Å². The van der Waals surface area contributed by atoms with Gasteiger partial charge in [-0.2, -0.15) is 0 Å². The van der Waals surface area contributed by atoms with Crippen molar-refractivity contribution < 1.29 is 4.79 Å². The molecule has 0 aliphatic carbocycles. The number of nitrogens with zero attached hydrogens (tertiary/aromatic N) is 3. The van der Waals surface area contributed by atoms with E-state index in [1.54, 1.807) is 0 Å². The number of piperazine rings is 1. The Morgan fingerprint density at radius 3 is 2.57 bits per heavy atom. The van der Waals surface area contributed by atoms with E-state index in [2.05, 4.69) is 51.9 Å². The molecule has 0 radical (unpaired) electrons. The minimum Gasteiger partial charge on any atom is -0.361 e. The van der Waals surface area contributed by atoms with Gasteiger partial charge in [0.2, 0.25) is 0 Å². The van der Waals surface area contributed by atoms with Crippen LogP contribution >= 0.6 is 0 Å². The second kappa shape index (κ2) is 10.7. The predicted molar refractivity (Wildman–Crippen MR) is 150 cm³/mol. The largest absolute Gasteiger partial charge is 0.361 e. The van der Waals surface area contributed by atoms with Gasteiger partial charge in [0.25, 0.3) is 5.56 Å². The molecule has 0 unspecified atom stereocenters. The molecule has 2 N–H and O–H groups in total. The van der Waals surface area contributed by atoms with Gasteiger partial charge in [0, 0.05) is 78.3 Å². The van der Waals surface area contributed by atoms with Crippen LogP contribution in [0.5, 0.6) is 0 Å². The predicted octanol–water partition coefficient (Wildman–Crippen LogP) is 4.75. The van der Waals surface area contributed by atoms with Crippen molar-refractivity contribution in [1.82, 2.24) is 19.9 Å². The molecule has 4 heterocycles. The topological polar surface area (TPSA) is 85.1 Å². The van der Waals surface area contributed by atoms with Crippen LogP contribution in [0.4, 0.5) is 5.82 Å². The van der Waals surface area contributed by atoms with Gasteiger partial charge in [-0.05, 0) is 74.3 Å². The number of aromatic amines is 2. The highest BCUT2D eigenvalue weighted by Gasteiger charge is 2.18. The Hall–Kier alpha value is -3.71. The average Bonchev–Trinajstić information content (AvgIpc) is 3.37. The molecule has 1 fully saturated rings. The lowest BCUT2D eigenvalue weighted by Gasteiger charge is -2.33. The fourth-order valence-corrected chi connectivity index (χ4v) is 5.27. The van der Waals surface area contributed by atoms with Gasteiger partial charge >= 0.3 is 0 Å². The molecule has 192 valence electrons. The number of rotatable bonds is 8. The first kappa shape index (κ1) is 25.0. The van der Waals surface area contributed by atoms with Gasteiger partial charge in [-0.3, -0.25) is 9.59 Å². The van der Waals surface area contributed by atoms with E-state index in [4.69, 9.17) is 4.98 Å². The third kappa shape index (κ3) is 5.37. The molecule has 0 amide bonds. The van der Waals surface area contributed by atoms with E-state index in [0.717, 1.165) is 83.7 Å². The number of anilines is 1. The van der Waals surface area contributed by atoms with Crippen LogP contribution in [-0.4, -0.2) is 58.9 Å². The van der Waals surface area contributed by atoms with Gasteiger partial charge in [0.15, 0.2) is 5.78 Å². The van der Waals surface area contributed by atoms with Gasteiger partial charge in [0.05, 0.1) is 0 Å². The Bertz CT molecular complexity index is 1460. The molecule has 4 aromatic rings. The lowest BCUT2D eigenvalue weighted by Crippen LogP contribution is -2.44. The summed E-state index contributed by atoms with van der Waals surface area (Å²) in [5.41, 5.74) is 6.08. The number of carbonyl (C=O) groups is 1. The van der Waals surface area contributed by atoms with Gasteiger partial charge in [-0.15, -0.1) is 0 Å². The lowest BCUT2D eigenvalue weighted by atomic mass is 9.94. The molecule has 1 aliphatic rings. The fourth-order valence-electron chi connectivity index (χ4n) is 5.27. The number of Topliss-reactive ketones (excluding diaryl/α,β-unsaturated/α-hetero) is 1. The number of pyridine rings is 2. The number of aromatic nitrogens is 3. The summed E-state index contributed by atoms with van der Waals surface area (Å²) in [7, 11) is 2.15. The van der Waals surface area contributed by atoms with Crippen molar-refractivity contribution in [2.24, 2.45) is 0 Å². The van der Waals surface area contributed by atoms with Crippen LogP contribution in [0.15, 0.2) is 53.6 Å². The minimum atomic E-state index is -0.0803. The molecule has 37 heavy (non-hydrogen) atoms. The normalized spacial score (nSPS) is 14.4. The van der Waals surface area contributed by atoms with Crippen molar-refractivity contribution in [2.45, 2.75) is 39.5 Å². The highest BCUT2D eigenvalue weighted by Crippen LogP contribution is 2.29. The molecule has 1 saturated heterocycles. The monoisotopic (exact) mass is 497 g/mol. The van der Waals surface area contributed by atoms with Gasteiger partial charge in [-0.25, -0.2) is 4.98 Å². The maximum atomic E-state index is 13.5. The Kier molecular flexibility index (Phi) is 7.24. The molecule has 5 rings (SSSR count). The van der Waals surface area contributed by atoms with E-state index in [9.17, 15) is 9.59 Å². The molecular weight excluding hydrogens is 462 g/mol. The summed E-state index contributed by atoms with van der Waals surface area (Å²) < 4.78 is 0. The smallest absolute Gasteiger partial charge is 0.251 e. The zero-order chi connectivity index (χ0) is 25.9. The number of ketones is 1. The Morgan fingerprint density at radius 1 is 1.03 bits per heavy atom. The van der Waals surface area contributed by atoms with Crippen molar-refractivity contribution >= 4 is 22.5 Å². The Morgan fingerprint density at radius 2 is 1.84 bits per heavy atom. The molecule has 7 nitrogen and oxygen atoms in total. The molecule has 7 heteroatoms. The number of likely N-dealkylation sites (N-methyl/N-ethyl adjacent to an activating group) is 1. The van der Waals surface area contributed by atoms with Gasteiger partial charge in [0.1, 0.15) is 5.82 Å². The Labute approximate surface area is 217 Å². The summed E-state index contributed by atoms with van der Waals surface area (Å²) in [6.45, 7) is 8.02. The maximum Gasteiger partial charge on any atom is 0.251 e. The number of fused-ring (bicyclic) bond motifs is 1. The first-order chi connectivity index (χ1) is 17.9. The van der Waals surface area contributed by atoms with Crippen molar-refractivity contribution in [3.63, 3.8) is 0 Å². The second-order valence-electron chi connectivity index (χ2n) is 10.1. The number of hydrogen-bond donors (Lipinski definition) is 2. The molecule has 0 bridgehead atoms. The summed E-state index contributed by atoms with van der Waals surface area (Å²) in [5, 5.41) is 0.905. The summed E-state index contributed by atoms with van der Waals surface area (Å²) >= 11 is 0. The molecule has 0 saturated carbocycles. The van der Waals surface area contributed by atoms with Crippen LogP contribution in [0.1, 0.15) is 46.9 Å². The van der Waals surface area contributed by atoms with E-state index in [1.165, 1.54) is 0 Å². The molecule has 1 aromatic carbocycles. The van der Waals surface area contributed by atoms with Crippen LogP contribution in [0, 0.1) is 6.92 Å². The highest BCUT2D eigenvalue weighted by molar-refractivity contribution is 6.09. The maximum absolute atomic E-state index is 13.5. The highest BCUT2D eigenvalue weighted by atomic mass is 16.1. The summed E-state index contributed by atoms with van der Waals surface area (Å²) in [5.74, 6) is 1.02. The molecule has 1 aliphatic heterocycles. The SMILES string of the molecule is CCCc1cc(C)[nH]c(=O)c1CCC(=O)c1cc(-c2ccc(N3CCN(C)CC3)nc2)cc2[nH]ccc12. The first-order valence-corrected chi connectivity index (χ1v) is 13.2. The Balaban J connectivity index is 1.40. The third-order valence-electron chi connectivity index (χ3n) is 7.36. The zero-order valence-corrected chi connectivity index (χ0v) is 21.9. The number of benzene rings is 1. The lowest BCUT2D eigenvalue weighted by molar-refractivity contribution is 0.0984. The third-order valence-corrected chi connectivity index (χ3v) is 7.36. The first-order valence-electron chi connectivity index (χ1n) is 13.2. The van der Waals surface area contributed by atoms with Gasteiger partial charge < -0.3 is 19.8 Å². The number of carbonyl (C=O) groups excluding carboxylic acids is 1. The van der Waals surface area contributed by atoms with Crippen LogP contribution in [0.3, 0.4) is 0 Å². The molecular formula is C30H35N5O2. The second-order valence-corrected chi connectivity index (χ2v) is 10.1. The zero-order valence-electron chi connectivity index (χ0n) is 21.9. The van der Waals surface area contributed by atoms with Crippen molar-refractivity contribution in [3.8, 4) is 11.1 Å². The number of hydrogen-bond acceptors (Lipinski definition) is 5. The van der Waals surface area contributed by atoms with Crippen molar-refractivity contribution in [3.05, 3.63) is 81.5 Å². The van der Waals surface area contributed by atoms with Crippen molar-refractivity contribution in [1.29, 1.82) is 0 Å². The van der Waals surface area contributed by atoms with E-state index in [1.807, 2.05) is 37.5 Å². The fraction of sp³-hybridized carbons (Fsp3) is 0.367. The number of H-pyrrole nitrogens is 2. The van der Waals surface area contributed by atoms with E-state index < -0.39 is 0 Å². The van der Waals surface area contributed by atoms with Crippen LogP contribution in [-0.2, 0) is 12.8 Å². The summed E-state index contributed by atoms with van der Waals surface area (Å²) in [4.78, 5) is 41.7. The van der Waals surface area contributed by atoms with Crippen LogP contribution in [0.25, 0.3) is 22.0 Å². The van der Waals surface area contributed by atoms with E-state index >= 15 is 0 Å². The standard InChI is InChI=1S/C30H35N5O2/c1-4-5-21-16-20(2)33-30(37)24(21)7-8-28(36)26-17-23(18-27-25(26)10-11-31-27)22-6-9-29(32-19-22)35-14-12-34(3)13-15-35/h6,9-11,16-19,31H,4-5,7-8,12-15H2,1-3H3,(H,33,37). The minimum absolute atomic E-state index is 0.0379. The quantitative estimate of drug-likeness (QED) is 0.343. The number of nitrogens with one attached hydrogen (secondary N) is 2. The number of aryl methyl sites for hydroxylation is 2. The molecule has 0 atom stereocenters. The summed E-state index contributed by atoms with van der Waals surface area (Å²) in [6.07, 6.45) is 6.27. The molecule has 0 spiro atoms.